The molecule has 1 aromatic carbocycles. The maximum Gasteiger partial charge on any atom is 0.449 e. The van der Waals surface area contributed by atoms with Crippen molar-refractivity contribution in [1.29, 1.82) is 0 Å². The Morgan fingerprint density at radius 2 is 1.95 bits per heavy atom. The molecule has 38 heavy (non-hydrogen) atoms. The summed E-state index contributed by atoms with van der Waals surface area (Å²) in [7, 11) is 1.02. The number of imidazole rings is 1. The molecule has 2 aromatic rings. The second kappa shape index (κ2) is 10.0. The quantitative estimate of drug-likeness (QED) is 0.459. The number of carbonyl (C=O) groups is 3. The highest BCUT2D eigenvalue weighted by Crippen LogP contribution is 2.36. The van der Waals surface area contributed by atoms with E-state index in [1.807, 2.05) is 0 Å². The van der Waals surface area contributed by atoms with Gasteiger partial charge in [0.15, 0.2) is 5.69 Å². The van der Waals surface area contributed by atoms with Crippen LogP contribution in [0.2, 0.25) is 0 Å². The molecule has 5 rings (SSSR count). The third-order valence-corrected chi connectivity index (χ3v) is 7.70. The van der Waals surface area contributed by atoms with Crippen LogP contribution in [0.1, 0.15) is 63.6 Å². The fourth-order valence-corrected chi connectivity index (χ4v) is 5.84. The van der Waals surface area contributed by atoms with Crippen LogP contribution in [-0.2, 0) is 35.2 Å². The van der Waals surface area contributed by atoms with Gasteiger partial charge in [-0.1, -0.05) is 18.9 Å². The summed E-state index contributed by atoms with van der Waals surface area (Å²) >= 11 is 0. The largest absolute Gasteiger partial charge is 0.464 e. The Balaban J connectivity index is 1.38. The SMILES string of the molecule is COC(=O)c1nc(C(F)(F)F)n2c1CN(C(=O)c1cc(CC3NNC(=O)C4CCCCC34)ccc1F)CC2. The average molecular weight is 538 g/mol. The van der Waals surface area contributed by atoms with Crippen molar-refractivity contribution in [3.05, 3.63) is 52.4 Å². The Bertz CT molecular complexity index is 1280. The molecule has 13 heteroatoms. The summed E-state index contributed by atoms with van der Waals surface area (Å²) in [5, 5.41) is 0. The summed E-state index contributed by atoms with van der Waals surface area (Å²) in [6.07, 6.45) is -0.625. The van der Waals surface area contributed by atoms with Gasteiger partial charge >= 0.3 is 12.1 Å². The van der Waals surface area contributed by atoms with Gasteiger partial charge in [0, 0.05) is 25.0 Å². The first-order valence-electron chi connectivity index (χ1n) is 12.5. The molecule has 9 nitrogen and oxygen atoms in total. The monoisotopic (exact) mass is 537 g/mol. The molecule has 204 valence electrons. The van der Waals surface area contributed by atoms with E-state index in [1.54, 1.807) is 6.07 Å². The first kappa shape index (κ1) is 26.1. The summed E-state index contributed by atoms with van der Waals surface area (Å²) in [5.41, 5.74) is 5.61. The lowest BCUT2D eigenvalue weighted by Gasteiger charge is -2.41. The van der Waals surface area contributed by atoms with E-state index in [9.17, 15) is 31.9 Å². The standard InChI is InChI=1S/C25H27F4N5O4/c1-38-23(37)20-19-12-33(8-9-34(19)24(30-20)25(27,28)29)22(36)16-10-13(6-7-17(16)26)11-18-14-4-2-3-5-15(14)21(35)32-31-18/h6-7,10,14-15,18,31H,2-5,8-9,11-12H2,1H3,(H,32,35). The van der Waals surface area contributed by atoms with Crippen LogP contribution in [0.4, 0.5) is 17.6 Å². The van der Waals surface area contributed by atoms with Crippen LogP contribution in [0.25, 0.3) is 0 Å². The van der Waals surface area contributed by atoms with Gasteiger partial charge in [0.25, 0.3) is 5.91 Å². The zero-order valence-corrected chi connectivity index (χ0v) is 20.6. The molecule has 1 aromatic heterocycles. The number of nitrogens with one attached hydrogen (secondary N) is 2. The molecule has 2 amide bonds. The fraction of sp³-hybridized carbons (Fsp3) is 0.520. The van der Waals surface area contributed by atoms with Crippen molar-refractivity contribution < 1.29 is 36.7 Å². The minimum absolute atomic E-state index is 0.0229. The van der Waals surface area contributed by atoms with Gasteiger partial charge in [0.2, 0.25) is 11.7 Å². The van der Waals surface area contributed by atoms with Crippen molar-refractivity contribution in [3.63, 3.8) is 0 Å². The van der Waals surface area contributed by atoms with E-state index < -0.39 is 35.4 Å². The molecule has 0 radical (unpaired) electrons. The number of carbonyl (C=O) groups excluding carboxylic acids is 3. The molecular formula is C25H27F4N5O4. The number of amides is 2. The molecule has 1 saturated heterocycles. The second-order valence-electron chi connectivity index (χ2n) is 9.91. The smallest absolute Gasteiger partial charge is 0.449 e. The molecule has 1 saturated carbocycles. The molecule has 3 heterocycles. The van der Waals surface area contributed by atoms with Crippen molar-refractivity contribution in [2.45, 2.75) is 57.4 Å². The van der Waals surface area contributed by atoms with E-state index in [0.29, 0.717) is 12.0 Å². The maximum atomic E-state index is 14.8. The Morgan fingerprint density at radius 1 is 1.18 bits per heavy atom. The molecule has 0 spiro atoms. The number of ether oxygens (including phenoxy) is 1. The van der Waals surface area contributed by atoms with Gasteiger partial charge in [0.1, 0.15) is 5.82 Å². The van der Waals surface area contributed by atoms with Crippen molar-refractivity contribution in [3.8, 4) is 0 Å². The zero-order chi connectivity index (χ0) is 27.2. The molecule has 3 atom stereocenters. The van der Waals surface area contributed by atoms with Gasteiger partial charge < -0.3 is 14.2 Å². The molecule has 3 unspecified atom stereocenters. The topological polar surface area (TPSA) is 106 Å². The molecular weight excluding hydrogens is 510 g/mol. The zero-order valence-electron chi connectivity index (χ0n) is 20.6. The Hall–Kier alpha value is -3.48. The summed E-state index contributed by atoms with van der Waals surface area (Å²) in [6.45, 7) is -0.762. The highest BCUT2D eigenvalue weighted by Gasteiger charge is 2.43. The first-order valence-corrected chi connectivity index (χ1v) is 12.5. The Kier molecular flexibility index (Phi) is 6.88. The number of hydrazine groups is 1. The minimum atomic E-state index is -4.81. The van der Waals surface area contributed by atoms with Crippen LogP contribution in [-0.4, -0.2) is 51.9 Å². The summed E-state index contributed by atoms with van der Waals surface area (Å²) < 4.78 is 60.8. The van der Waals surface area contributed by atoms with Crippen LogP contribution in [0.3, 0.4) is 0 Å². The van der Waals surface area contributed by atoms with Crippen LogP contribution >= 0.6 is 0 Å². The number of methoxy groups -OCH3 is 1. The number of hydrogen-bond donors (Lipinski definition) is 2. The summed E-state index contributed by atoms with van der Waals surface area (Å²) in [6, 6.07) is 4.14. The number of benzene rings is 1. The number of esters is 1. The van der Waals surface area contributed by atoms with E-state index >= 15 is 0 Å². The van der Waals surface area contributed by atoms with Gasteiger partial charge in [-0.2, -0.15) is 13.2 Å². The van der Waals surface area contributed by atoms with Crippen LogP contribution < -0.4 is 10.9 Å². The molecule has 2 aliphatic heterocycles. The van der Waals surface area contributed by atoms with E-state index in [-0.39, 0.29) is 54.7 Å². The maximum absolute atomic E-state index is 14.8. The number of nitrogens with zero attached hydrogens (tertiary/aromatic N) is 3. The second-order valence-corrected chi connectivity index (χ2v) is 9.91. The van der Waals surface area contributed by atoms with Crippen molar-refractivity contribution in [1.82, 2.24) is 25.3 Å². The highest BCUT2D eigenvalue weighted by molar-refractivity contribution is 5.95. The number of rotatable bonds is 4. The molecule has 2 N–H and O–H groups in total. The minimum Gasteiger partial charge on any atom is -0.464 e. The number of alkyl halides is 3. The summed E-state index contributed by atoms with van der Waals surface area (Å²) in [4.78, 5) is 42.4. The van der Waals surface area contributed by atoms with E-state index in [2.05, 4.69) is 20.6 Å². The highest BCUT2D eigenvalue weighted by atomic mass is 19.4. The van der Waals surface area contributed by atoms with Crippen LogP contribution in [0.15, 0.2) is 18.2 Å². The molecule has 2 fully saturated rings. The third-order valence-electron chi connectivity index (χ3n) is 7.70. The molecule has 1 aliphatic carbocycles. The lowest BCUT2D eigenvalue weighted by atomic mass is 9.72. The lowest BCUT2D eigenvalue weighted by molar-refractivity contribution is -0.147. The van der Waals surface area contributed by atoms with Gasteiger partial charge in [-0.05, 0) is 42.9 Å². The predicted molar refractivity (Wildman–Crippen MR) is 124 cm³/mol. The lowest BCUT2D eigenvalue weighted by Crippen LogP contribution is -2.60. The molecule has 3 aliphatic rings. The van der Waals surface area contributed by atoms with Crippen LogP contribution in [0, 0.1) is 17.7 Å². The van der Waals surface area contributed by atoms with Crippen LogP contribution in [0.5, 0.6) is 0 Å². The first-order chi connectivity index (χ1) is 18.1. The molecule has 0 bridgehead atoms. The number of fused-ring (bicyclic) bond motifs is 2. The predicted octanol–water partition coefficient (Wildman–Crippen LogP) is 2.84. The van der Waals surface area contributed by atoms with Gasteiger partial charge in [-0.15, -0.1) is 0 Å². The number of aromatic nitrogens is 2. The van der Waals surface area contributed by atoms with Crippen molar-refractivity contribution >= 4 is 17.8 Å². The van der Waals surface area contributed by atoms with Gasteiger partial charge in [-0.3, -0.25) is 15.0 Å². The van der Waals surface area contributed by atoms with Gasteiger partial charge in [-0.25, -0.2) is 19.6 Å². The fourth-order valence-electron chi connectivity index (χ4n) is 5.84. The third kappa shape index (κ3) is 4.74. The number of halogens is 4. The van der Waals surface area contributed by atoms with Gasteiger partial charge in [0.05, 0.1) is 24.9 Å². The van der Waals surface area contributed by atoms with E-state index in [0.717, 1.165) is 37.4 Å². The van der Waals surface area contributed by atoms with E-state index in [1.165, 1.54) is 17.0 Å². The van der Waals surface area contributed by atoms with E-state index in [4.69, 9.17) is 0 Å². The number of hydrogen-bond acceptors (Lipinski definition) is 6. The average Bonchev–Trinajstić information content (AvgIpc) is 3.30. The summed E-state index contributed by atoms with van der Waals surface area (Å²) in [5.74, 6) is -3.75. The Labute approximate surface area is 215 Å². The van der Waals surface area contributed by atoms with Crippen molar-refractivity contribution in [2.75, 3.05) is 13.7 Å². The Morgan fingerprint density at radius 3 is 2.68 bits per heavy atom. The van der Waals surface area contributed by atoms with Crippen molar-refractivity contribution in [2.24, 2.45) is 11.8 Å². The normalized spacial score (nSPS) is 23.3.